The molecule has 0 aliphatic carbocycles. The van der Waals surface area contributed by atoms with Crippen LogP contribution in [0.25, 0.3) is 33.2 Å². The molecular weight excluding hydrogens is 374 g/mol. The molecule has 5 nitrogen and oxygen atoms in total. The van der Waals surface area contributed by atoms with E-state index in [0.717, 1.165) is 47.1 Å². The summed E-state index contributed by atoms with van der Waals surface area (Å²) in [5.74, 6) is 0.0938. The molecule has 0 spiro atoms. The maximum atomic E-state index is 12.1. The summed E-state index contributed by atoms with van der Waals surface area (Å²) >= 11 is 0. The first-order valence-corrected chi connectivity index (χ1v) is 10.5. The number of ether oxygens (including phenoxy) is 1. The zero-order chi connectivity index (χ0) is 20.8. The van der Waals surface area contributed by atoms with Crippen molar-refractivity contribution in [1.82, 2.24) is 15.3 Å². The van der Waals surface area contributed by atoms with Crippen LogP contribution < -0.4 is 5.32 Å². The van der Waals surface area contributed by atoms with Gasteiger partial charge in [-0.1, -0.05) is 42.5 Å². The third-order valence-corrected chi connectivity index (χ3v) is 5.35. The summed E-state index contributed by atoms with van der Waals surface area (Å²) in [6, 6.07) is 20.6. The lowest BCUT2D eigenvalue weighted by atomic mass is 10.0. The van der Waals surface area contributed by atoms with Crippen molar-refractivity contribution in [2.45, 2.75) is 25.7 Å². The van der Waals surface area contributed by atoms with E-state index in [4.69, 9.17) is 9.72 Å². The van der Waals surface area contributed by atoms with Gasteiger partial charge in [0.1, 0.15) is 0 Å². The van der Waals surface area contributed by atoms with Crippen LogP contribution in [0.2, 0.25) is 0 Å². The van der Waals surface area contributed by atoms with Gasteiger partial charge < -0.3 is 15.0 Å². The fourth-order valence-corrected chi connectivity index (χ4v) is 3.84. The summed E-state index contributed by atoms with van der Waals surface area (Å²) < 4.78 is 5.02. The van der Waals surface area contributed by atoms with E-state index in [1.165, 1.54) is 10.9 Å². The van der Waals surface area contributed by atoms with Gasteiger partial charge >= 0.3 is 0 Å². The molecule has 5 heteroatoms. The second kappa shape index (κ2) is 9.55. The molecular formula is C25H27N3O2. The number of nitrogens with zero attached hydrogens (tertiary/aromatic N) is 1. The molecule has 0 aliphatic heterocycles. The number of amides is 1. The van der Waals surface area contributed by atoms with Gasteiger partial charge in [-0.3, -0.25) is 4.79 Å². The van der Waals surface area contributed by atoms with E-state index in [-0.39, 0.29) is 5.91 Å². The zero-order valence-corrected chi connectivity index (χ0v) is 17.3. The Morgan fingerprint density at radius 1 is 1.03 bits per heavy atom. The van der Waals surface area contributed by atoms with Crippen LogP contribution in [-0.4, -0.2) is 36.1 Å². The Morgan fingerprint density at radius 2 is 1.87 bits per heavy atom. The largest absolute Gasteiger partial charge is 0.385 e. The molecule has 0 saturated heterocycles. The van der Waals surface area contributed by atoms with E-state index in [0.29, 0.717) is 19.6 Å². The second-order valence-corrected chi connectivity index (χ2v) is 7.46. The summed E-state index contributed by atoms with van der Waals surface area (Å²) in [5, 5.41) is 5.29. The third-order valence-electron chi connectivity index (χ3n) is 5.35. The van der Waals surface area contributed by atoms with Gasteiger partial charge in [0.15, 0.2) is 0 Å². The lowest BCUT2D eigenvalue weighted by molar-refractivity contribution is -0.121. The fourth-order valence-electron chi connectivity index (χ4n) is 3.84. The number of benzene rings is 2. The minimum atomic E-state index is 0.0938. The number of pyridine rings is 1. The summed E-state index contributed by atoms with van der Waals surface area (Å²) in [6.45, 7) is 1.32. The van der Waals surface area contributed by atoms with Crippen molar-refractivity contribution in [2.24, 2.45) is 0 Å². The molecule has 30 heavy (non-hydrogen) atoms. The number of para-hydroxylation sites is 2. The van der Waals surface area contributed by atoms with Crippen LogP contribution in [0.15, 0.2) is 60.7 Å². The number of H-pyrrole nitrogens is 1. The number of aromatic nitrogens is 2. The Labute approximate surface area is 176 Å². The van der Waals surface area contributed by atoms with Crippen molar-refractivity contribution < 1.29 is 9.53 Å². The third kappa shape index (κ3) is 4.52. The van der Waals surface area contributed by atoms with Crippen LogP contribution >= 0.6 is 0 Å². The quantitative estimate of drug-likeness (QED) is 0.394. The van der Waals surface area contributed by atoms with E-state index in [9.17, 15) is 4.79 Å². The first kappa shape index (κ1) is 20.1. The van der Waals surface area contributed by atoms with Crippen molar-refractivity contribution in [1.29, 1.82) is 0 Å². The lowest BCUT2D eigenvalue weighted by Gasteiger charge is -2.07. The number of rotatable bonds is 9. The van der Waals surface area contributed by atoms with Gasteiger partial charge in [-0.25, -0.2) is 4.98 Å². The summed E-state index contributed by atoms with van der Waals surface area (Å²) in [5.41, 5.74) is 5.28. The fraction of sp³-hybridized carbons (Fsp3) is 0.280. The Kier molecular flexibility index (Phi) is 6.40. The van der Waals surface area contributed by atoms with Gasteiger partial charge in [0.25, 0.3) is 0 Å². The molecule has 0 aliphatic rings. The molecule has 4 rings (SSSR count). The summed E-state index contributed by atoms with van der Waals surface area (Å²) in [7, 11) is 1.67. The standard InChI is InChI=1S/C25H27N3O2/c1-30-17-7-16-26-24(29)13-6-10-20-19-9-3-5-12-22(19)28-25(20)23-15-14-18-8-2-4-11-21(18)27-23/h2-5,8-9,11-12,14-15,28H,6-7,10,13,16-17H2,1H3,(H,26,29). The Balaban J connectivity index is 1.54. The number of nitrogens with one attached hydrogen (secondary N) is 2. The number of aromatic amines is 1. The minimum absolute atomic E-state index is 0.0938. The van der Waals surface area contributed by atoms with Crippen LogP contribution in [0.4, 0.5) is 0 Å². The van der Waals surface area contributed by atoms with Crippen LogP contribution in [0.5, 0.6) is 0 Å². The average Bonchev–Trinajstić information content (AvgIpc) is 3.15. The predicted molar refractivity (Wildman–Crippen MR) is 121 cm³/mol. The van der Waals surface area contributed by atoms with E-state index in [2.05, 4.69) is 46.7 Å². The number of carbonyl (C=O) groups excluding carboxylic acids is 1. The molecule has 1 amide bonds. The van der Waals surface area contributed by atoms with E-state index < -0.39 is 0 Å². The SMILES string of the molecule is COCCCNC(=O)CCCc1c(-c2ccc3ccccc3n2)[nH]c2ccccc12. The average molecular weight is 402 g/mol. The van der Waals surface area contributed by atoms with E-state index >= 15 is 0 Å². The highest BCUT2D eigenvalue weighted by Gasteiger charge is 2.15. The highest BCUT2D eigenvalue weighted by atomic mass is 16.5. The molecule has 4 aromatic rings. The van der Waals surface area contributed by atoms with Crippen molar-refractivity contribution in [3.63, 3.8) is 0 Å². The molecule has 2 heterocycles. The zero-order valence-electron chi connectivity index (χ0n) is 17.3. The molecule has 0 bridgehead atoms. The number of methoxy groups -OCH3 is 1. The molecule has 2 aromatic carbocycles. The summed E-state index contributed by atoms with van der Waals surface area (Å²) in [6.07, 6.45) is 2.96. The molecule has 2 N–H and O–H groups in total. The topological polar surface area (TPSA) is 67.0 Å². The van der Waals surface area contributed by atoms with Gasteiger partial charge in [-0.05, 0) is 43.0 Å². The van der Waals surface area contributed by atoms with Crippen LogP contribution in [-0.2, 0) is 16.0 Å². The normalized spacial score (nSPS) is 11.2. The lowest BCUT2D eigenvalue weighted by Crippen LogP contribution is -2.24. The molecule has 0 fully saturated rings. The van der Waals surface area contributed by atoms with Gasteiger partial charge in [0, 0.05) is 43.0 Å². The number of carbonyl (C=O) groups is 1. The maximum Gasteiger partial charge on any atom is 0.220 e. The Bertz CT molecular complexity index is 1150. The second-order valence-electron chi connectivity index (χ2n) is 7.46. The van der Waals surface area contributed by atoms with Crippen molar-refractivity contribution in [2.75, 3.05) is 20.3 Å². The van der Waals surface area contributed by atoms with Gasteiger partial charge in [0.05, 0.1) is 16.9 Å². The van der Waals surface area contributed by atoms with Crippen molar-refractivity contribution in [3.8, 4) is 11.4 Å². The Hall–Kier alpha value is -3.18. The smallest absolute Gasteiger partial charge is 0.220 e. The molecule has 2 aromatic heterocycles. The minimum Gasteiger partial charge on any atom is -0.385 e. The first-order chi connectivity index (χ1) is 14.8. The van der Waals surface area contributed by atoms with Gasteiger partial charge in [-0.15, -0.1) is 0 Å². The van der Waals surface area contributed by atoms with Crippen LogP contribution in [0.3, 0.4) is 0 Å². The number of hydrogen-bond donors (Lipinski definition) is 2. The van der Waals surface area contributed by atoms with Crippen LogP contribution in [0, 0.1) is 0 Å². The van der Waals surface area contributed by atoms with E-state index in [1.54, 1.807) is 7.11 Å². The number of aryl methyl sites for hydroxylation is 1. The molecule has 0 unspecified atom stereocenters. The summed E-state index contributed by atoms with van der Waals surface area (Å²) in [4.78, 5) is 20.6. The monoisotopic (exact) mass is 401 g/mol. The highest BCUT2D eigenvalue weighted by molar-refractivity contribution is 5.91. The Morgan fingerprint density at radius 3 is 2.77 bits per heavy atom. The number of hydrogen-bond acceptors (Lipinski definition) is 3. The number of fused-ring (bicyclic) bond motifs is 2. The molecule has 0 atom stereocenters. The molecule has 0 radical (unpaired) electrons. The van der Waals surface area contributed by atoms with Gasteiger partial charge in [-0.2, -0.15) is 0 Å². The van der Waals surface area contributed by atoms with E-state index in [1.807, 2.05) is 24.3 Å². The molecule has 0 saturated carbocycles. The maximum absolute atomic E-state index is 12.1. The predicted octanol–water partition coefficient (Wildman–Crippen LogP) is 4.86. The highest BCUT2D eigenvalue weighted by Crippen LogP contribution is 2.31. The first-order valence-electron chi connectivity index (χ1n) is 10.5. The van der Waals surface area contributed by atoms with Crippen molar-refractivity contribution in [3.05, 3.63) is 66.2 Å². The van der Waals surface area contributed by atoms with Crippen molar-refractivity contribution >= 4 is 27.7 Å². The van der Waals surface area contributed by atoms with Gasteiger partial charge in [0.2, 0.25) is 5.91 Å². The molecule has 154 valence electrons. The van der Waals surface area contributed by atoms with Crippen LogP contribution in [0.1, 0.15) is 24.8 Å².